The van der Waals surface area contributed by atoms with Crippen molar-refractivity contribution in [2.75, 3.05) is 19.0 Å². The fourth-order valence-electron chi connectivity index (χ4n) is 5.86. The number of unbranched alkanes of at least 4 members (excludes halogenated alkanes) is 4. The van der Waals surface area contributed by atoms with Crippen LogP contribution in [-0.2, 0) is 14.4 Å². The van der Waals surface area contributed by atoms with Crippen molar-refractivity contribution < 1.29 is 29.0 Å². The summed E-state index contributed by atoms with van der Waals surface area (Å²) in [4.78, 5) is 47.7. The second kappa shape index (κ2) is 14.9. The standard InChI is InChI=1S/C34H43N5O6S/c1-20(2)36-34-38-28(19-46-34)27-17-30(24-13-12-22(44-3)15-26(24)37-27)45-23-16-29(32(35)41)39(18-23)31(40)11-9-7-5-4-6-8-10-21-14-25(21)33(42)43/h8,10,12-13,15,17,19-21,23,25,29H,4-7,9,11,14,16,18H2,1-3H3,(H2,35,41)(H,36,38)(H,42,43)/b10-8-/t21-,23-,25+,29+/m1/s1. The molecule has 2 aromatic heterocycles. The number of aliphatic carboxylic acids is 1. The van der Waals surface area contributed by atoms with Gasteiger partial charge in [-0.15, -0.1) is 11.3 Å². The molecule has 0 unspecified atom stereocenters. The van der Waals surface area contributed by atoms with Crippen molar-refractivity contribution in [2.45, 2.75) is 83.4 Å². The molecule has 246 valence electrons. The van der Waals surface area contributed by atoms with Gasteiger partial charge in [-0.1, -0.05) is 25.0 Å². The first-order valence-electron chi connectivity index (χ1n) is 16.0. The van der Waals surface area contributed by atoms with Crippen LogP contribution in [0.2, 0.25) is 0 Å². The molecule has 1 aromatic carbocycles. The molecule has 0 radical (unpaired) electrons. The number of carbonyl (C=O) groups is 3. The topological polar surface area (TPSA) is 157 Å². The Morgan fingerprint density at radius 2 is 1.93 bits per heavy atom. The number of nitrogens with one attached hydrogen (secondary N) is 1. The van der Waals surface area contributed by atoms with Crippen LogP contribution in [0.3, 0.4) is 0 Å². The zero-order chi connectivity index (χ0) is 32.8. The molecule has 1 saturated carbocycles. The lowest BCUT2D eigenvalue weighted by atomic mass is 10.1. The number of carboxylic acid groups (broad SMARTS) is 1. The molecule has 2 aliphatic rings. The lowest BCUT2D eigenvalue weighted by Crippen LogP contribution is -2.43. The summed E-state index contributed by atoms with van der Waals surface area (Å²) in [5.74, 6) is -0.121. The van der Waals surface area contributed by atoms with Gasteiger partial charge in [0.1, 0.15) is 29.3 Å². The molecular weight excluding hydrogens is 606 g/mol. The Morgan fingerprint density at radius 3 is 2.65 bits per heavy atom. The fraction of sp³-hybridized carbons (Fsp3) is 0.500. The monoisotopic (exact) mass is 649 g/mol. The Hall–Kier alpha value is -4.19. The van der Waals surface area contributed by atoms with Gasteiger partial charge in [-0.3, -0.25) is 14.4 Å². The van der Waals surface area contributed by atoms with Crippen LogP contribution >= 0.6 is 11.3 Å². The summed E-state index contributed by atoms with van der Waals surface area (Å²) in [6, 6.07) is 6.96. The highest BCUT2D eigenvalue weighted by molar-refractivity contribution is 7.14. The minimum Gasteiger partial charge on any atom is -0.497 e. The summed E-state index contributed by atoms with van der Waals surface area (Å²) >= 11 is 1.50. The number of likely N-dealkylation sites (tertiary alicyclic amines) is 1. The normalized spacial score (nSPS) is 20.8. The third-order valence-corrected chi connectivity index (χ3v) is 9.19. The average molecular weight is 650 g/mol. The summed E-state index contributed by atoms with van der Waals surface area (Å²) in [7, 11) is 1.60. The Balaban J connectivity index is 1.20. The number of nitrogens with two attached hydrogens (primary N) is 1. The summed E-state index contributed by atoms with van der Waals surface area (Å²) in [5, 5.41) is 15.8. The van der Waals surface area contributed by atoms with Crippen LogP contribution in [0.1, 0.15) is 65.2 Å². The molecule has 11 nitrogen and oxygen atoms in total. The predicted molar refractivity (Wildman–Crippen MR) is 178 cm³/mol. The van der Waals surface area contributed by atoms with Gasteiger partial charge < -0.3 is 30.5 Å². The van der Waals surface area contributed by atoms with Gasteiger partial charge in [0.05, 0.1) is 30.8 Å². The van der Waals surface area contributed by atoms with Gasteiger partial charge in [0.25, 0.3) is 0 Å². The van der Waals surface area contributed by atoms with Gasteiger partial charge in [-0.2, -0.15) is 0 Å². The highest BCUT2D eigenvalue weighted by Gasteiger charge is 2.41. The number of anilines is 1. The van der Waals surface area contributed by atoms with Crippen LogP contribution in [0.5, 0.6) is 11.5 Å². The lowest BCUT2D eigenvalue weighted by Gasteiger charge is -2.22. The third kappa shape index (κ3) is 8.34. The van der Waals surface area contributed by atoms with E-state index in [9.17, 15) is 14.4 Å². The van der Waals surface area contributed by atoms with E-state index in [1.165, 1.54) is 11.3 Å². The molecular formula is C34H43N5O6S. The van der Waals surface area contributed by atoms with Crippen LogP contribution in [0, 0.1) is 11.8 Å². The van der Waals surface area contributed by atoms with E-state index in [1.807, 2.05) is 35.7 Å². The fourth-order valence-corrected chi connectivity index (χ4v) is 6.71. The van der Waals surface area contributed by atoms with E-state index in [0.717, 1.165) is 49.0 Å². The number of fused-ring (bicyclic) bond motifs is 1. The largest absolute Gasteiger partial charge is 0.497 e. The number of thiazole rings is 1. The first-order valence-corrected chi connectivity index (χ1v) is 16.9. The van der Waals surface area contributed by atoms with Gasteiger partial charge in [-0.25, -0.2) is 9.97 Å². The van der Waals surface area contributed by atoms with E-state index >= 15 is 0 Å². The molecule has 3 aromatic rings. The zero-order valence-electron chi connectivity index (χ0n) is 26.6. The van der Waals surface area contributed by atoms with Crippen molar-refractivity contribution in [1.29, 1.82) is 0 Å². The van der Waals surface area contributed by atoms with Crippen molar-refractivity contribution in [3.63, 3.8) is 0 Å². The number of rotatable bonds is 16. The quantitative estimate of drug-likeness (QED) is 0.132. The van der Waals surface area contributed by atoms with E-state index in [2.05, 4.69) is 25.2 Å². The summed E-state index contributed by atoms with van der Waals surface area (Å²) in [5.41, 5.74) is 7.80. The van der Waals surface area contributed by atoms with Crippen LogP contribution in [0.15, 0.2) is 41.8 Å². The number of methoxy groups -OCH3 is 1. The molecule has 1 aliphatic carbocycles. The average Bonchev–Trinajstić information content (AvgIpc) is 3.44. The number of amides is 2. The maximum atomic E-state index is 13.2. The van der Waals surface area contributed by atoms with Crippen molar-refractivity contribution in [2.24, 2.45) is 17.6 Å². The van der Waals surface area contributed by atoms with E-state index in [-0.39, 0.29) is 30.3 Å². The molecule has 4 atom stereocenters. The van der Waals surface area contributed by atoms with Crippen molar-refractivity contribution >= 4 is 45.2 Å². The van der Waals surface area contributed by atoms with Gasteiger partial charge in [0.15, 0.2) is 5.13 Å². The Labute approximate surface area is 273 Å². The van der Waals surface area contributed by atoms with E-state index in [4.69, 9.17) is 30.3 Å². The van der Waals surface area contributed by atoms with Crippen LogP contribution in [-0.4, -0.2) is 69.6 Å². The number of pyridine rings is 1. The number of carbonyl (C=O) groups excluding carboxylic acids is 2. The van der Waals surface area contributed by atoms with Crippen molar-refractivity contribution in [3.8, 4) is 22.9 Å². The van der Waals surface area contributed by atoms with E-state index < -0.39 is 24.0 Å². The molecule has 2 fully saturated rings. The first-order chi connectivity index (χ1) is 22.1. The Kier molecular flexibility index (Phi) is 10.8. The molecule has 5 rings (SSSR count). The molecule has 1 saturated heterocycles. The third-order valence-electron chi connectivity index (χ3n) is 8.41. The van der Waals surface area contributed by atoms with Crippen molar-refractivity contribution in [3.05, 3.63) is 41.8 Å². The van der Waals surface area contributed by atoms with Gasteiger partial charge in [0.2, 0.25) is 11.8 Å². The molecule has 1 aliphatic heterocycles. The first kappa shape index (κ1) is 33.2. The number of ether oxygens (including phenoxy) is 2. The number of benzene rings is 1. The highest BCUT2D eigenvalue weighted by Crippen LogP contribution is 2.40. The van der Waals surface area contributed by atoms with Gasteiger partial charge >= 0.3 is 5.97 Å². The second-order valence-electron chi connectivity index (χ2n) is 12.4. The highest BCUT2D eigenvalue weighted by atomic mass is 32.1. The maximum absolute atomic E-state index is 13.2. The Bertz CT molecular complexity index is 1590. The molecule has 46 heavy (non-hydrogen) atoms. The summed E-state index contributed by atoms with van der Waals surface area (Å²) < 4.78 is 12.0. The van der Waals surface area contributed by atoms with Crippen LogP contribution in [0.25, 0.3) is 22.3 Å². The number of allylic oxidation sites excluding steroid dienone is 2. The number of primary amides is 1. The number of nitrogens with zero attached hydrogens (tertiary/aromatic N) is 3. The Morgan fingerprint density at radius 1 is 1.13 bits per heavy atom. The minimum absolute atomic E-state index is 0.0964. The number of hydrogen-bond donors (Lipinski definition) is 3. The van der Waals surface area contributed by atoms with E-state index in [0.29, 0.717) is 41.2 Å². The SMILES string of the molecule is COc1ccc2c(O[C@@H]3C[C@@H](C(N)=O)N(C(=O)CCCCCC/C=C\[C@@H]4C[C@@H]4C(=O)O)C3)cc(-c3csc(NC(C)C)n3)nc2c1. The van der Waals surface area contributed by atoms with Crippen LogP contribution < -0.4 is 20.5 Å². The number of hydrogen-bond acceptors (Lipinski definition) is 9. The predicted octanol–water partition coefficient (Wildman–Crippen LogP) is 5.64. The number of carboxylic acids is 1. The maximum Gasteiger partial charge on any atom is 0.307 e. The zero-order valence-corrected chi connectivity index (χ0v) is 27.4. The van der Waals surface area contributed by atoms with Gasteiger partial charge in [-0.05, 0) is 57.6 Å². The second-order valence-corrected chi connectivity index (χ2v) is 13.2. The molecule has 12 heteroatoms. The molecule has 4 N–H and O–H groups in total. The van der Waals surface area contributed by atoms with Crippen LogP contribution in [0.4, 0.5) is 5.13 Å². The summed E-state index contributed by atoms with van der Waals surface area (Å²) in [6.07, 6.45) is 9.55. The molecule has 0 spiro atoms. The van der Waals surface area contributed by atoms with Gasteiger partial charge in [0, 0.05) is 41.8 Å². The molecule has 0 bridgehead atoms. The number of aromatic nitrogens is 2. The minimum atomic E-state index is -0.726. The summed E-state index contributed by atoms with van der Waals surface area (Å²) in [6.45, 7) is 4.38. The lowest BCUT2D eigenvalue weighted by molar-refractivity contribution is -0.138. The van der Waals surface area contributed by atoms with Crippen molar-refractivity contribution in [1.82, 2.24) is 14.9 Å². The molecule has 2 amide bonds. The smallest absolute Gasteiger partial charge is 0.307 e. The van der Waals surface area contributed by atoms with E-state index in [1.54, 1.807) is 12.0 Å². The molecule has 3 heterocycles.